The van der Waals surface area contributed by atoms with E-state index in [1.165, 1.54) is 18.9 Å². The maximum Gasteiger partial charge on any atom is 0.550 e. The van der Waals surface area contributed by atoms with Crippen molar-refractivity contribution in [3.05, 3.63) is 0 Å². The van der Waals surface area contributed by atoms with Gasteiger partial charge in [-0.15, -0.1) is 5.54 Å². The third-order valence-electron chi connectivity index (χ3n) is 3.94. The molecule has 0 aromatic carbocycles. The highest BCUT2D eigenvalue weighted by Crippen LogP contribution is 2.36. The van der Waals surface area contributed by atoms with Crippen LogP contribution in [0.25, 0.3) is 0 Å². The number of rotatable bonds is 3. The lowest BCUT2D eigenvalue weighted by Gasteiger charge is -2.32. The van der Waals surface area contributed by atoms with Crippen molar-refractivity contribution in [1.82, 2.24) is 0 Å². The van der Waals surface area contributed by atoms with Crippen molar-refractivity contribution in [3.63, 3.8) is 0 Å². The zero-order chi connectivity index (χ0) is 14.0. The summed E-state index contributed by atoms with van der Waals surface area (Å²) >= 11 is 0. The molecular formula is C14H27BO2Si. The van der Waals surface area contributed by atoms with Crippen LogP contribution in [0.1, 0.15) is 47.5 Å². The molecule has 0 N–H and O–H groups in total. The average Bonchev–Trinajstić information content (AvgIpc) is 2.42. The van der Waals surface area contributed by atoms with Crippen LogP contribution in [0.4, 0.5) is 0 Å². The first-order chi connectivity index (χ1) is 8.10. The summed E-state index contributed by atoms with van der Waals surface area (Å²) in [4.78, 5) is 0. The van der Waals surface area contributed by atoms with Crippen molar-refractivity contribution < 1.29 is 9.31 Å². The molecule has 2 nitrogen and oxygen atoms in total. The predicted molar refractivity (Wildman–Crippen MR) is 81.1 cm³/mol. The van der Waals surface area contributed by atoms with Gasteiger partial charge in [-0.25, -0.2) is 0 Å². The van der Waals surface area contributed by atoms with Crippen LogP contribution in [0.3, 0.4) is 0 Å². The van der Waals surface area contributed by atoms with E-state index < -0.39 is 8.07 Å². The fraction of sp³-hybridized carbons (Fsp3) is 0.857. The molecule has 1 aliphatic heterocycles. The maximum atomic E-state index is 5.89. The van der Waals surface area contributed by atoms with Crippen LogP contribution in [0.5, 0.6) is 0 Å². The van der Waals surface area contributed by atoms with Gasteiger partial charge in [0, 0.05) is 0 Å². The van der Waals surface area contributed by atoms with E-state index in [-0.39, 0.29) is 18.3 Å². The van der Waals surface area contributed by atoms with E-state index in [0.717, 1.165) is 0 Å². The fourth-order valence-corrected chi connectivity index (χ4v) is 3.71. The zero-order valence-electron chi connectivity index (χ0n) is 13.0. The summed E-state index contributed by atoms with van der Waals surface area (Å²) in [5, 5.41) is 0. The van der Waals surface area contributed by atoms with Crippen LogP contribution in [0, 0.1) is 11.4 Å². The van der Waals surface area contributed by atoms with E-state index in [0.29, 0.717) is 0 Å². The normalized spacial score (nSPS) is 21.6. The van der Waals surface area contributed by atoms with Gasteiger partial charge in [0.1, 0.15) is 8.07 Å². The molecule has 1 saturated heterocycles. The minimum atomic E-state index is -1.41. The molecule has 1 fully saturated rings. The van der Waals surface area contributed by atoms with Crippen LogP contribution in [-0.4, -0.2) is 26.4 Å². The smallest absolute Gasteiger partial charge is 0.392 e. The SMILES string of the molecule is CCCC[Si](C)(C)C#CB1OC(C)(C)C(C)(C)O1. The summed E-state index contributed by atoms with van der Waals surface area (Å²) in [7, 11) is -1.76. The van der Waals surface area contributed by atoms with E-state index in [1.54, 1.807) is 0 Å². The Balaban J connectivity index is 2.66. The minimum Gasteiger partial charge on any atom is -0.392 e. The largest absolute Gasteiger partial charge is 0.550 e. The summed E-state index contributed by atoms with van der Waals surface area (Å²) in [5.74, 6) is 3.21. The molecule has 1 rings (SSSR count). The molecule has 0 aromatic heterocycles. The lowest BCUT2D eigenvalue weighted by atomic mass is 9.90. The molecule has 0 bridgehead atoms. The van der Waals surface area contributed by atoms with Gasteiger partial charge in [0.25, 0.3) is 0 Å². The first kappa shape index (κ1) is 15.8. The molecule has 18 heavy (non-hydrogen) atoms. The van der Waals surface area contributed by atoms with E-state index in [1.807, 2.05) is 0 Å². The number of hydrogen-bond acceptors (Lipinski definition) is 2. The Morgan fingerprint density at radius 2 is 1.56 bits per heavy atom. The van der Waals surface area contributed by atoms with Crippen LogP contribution in [-0.2, 0) is 9.31 Å². The average molecular weight is 266 g/mol. The molecule has 0 aliphatic carbocycles. The fourth-order valence-electron chi connectivity index (χ4n) is 1.84. The summed E-state index contributed by atoms with van der Waals surface area (Å²) < 4.78 is 11.8. The van der Waals surface area contributed by atoms with Crippen LogP contribution < -0.4 is 0 Å². The van der Waals surface area contributed by atoms with Crippen molar-refractivity contribution >= 4 is 15.2 Å². The Morgan fingerprint density at radius 3 is 2.00 bits per heavy atom. The molecule has 1 heterocycles. The summed E-state index contributed by atoms with van der Waals surface area (Å²) in [6.45, 7) is 15.1. The summed E-state index contributed by atoms with van der Waals surface area (Å²) in [6, 6.07) is 1.26. The Kier molecular flexibility index (Phi) is 4.75. The van der Waals surface area contributed by atoms with Crippen molar-refractivity contribution in [2.75, 3.05) is 0 Å². The molecular weight excluding hydrogens is 239 g/mol. The molecule has 0 amide bonds. The van der Waals surface area contributed by atoms with Crippen molar-refractivity contribution in [2.45, 2.75) is 77.8 Å². The third kappa shape index (κ3) is 3.88. The molecule has 4 heteroatoms. The van der Waals surface area contributed by atoms with E-state index in [9.17, 15) is 0 Å². The number of unbranched alkanes of at least 4 members (excludes halogenated alkanes) is 1. The minimum absolute atomic E-state index is 0.276. The Morgan fingerprint density at radius 1 is 1.06 bits per heavy atom. The Hall–Kier alpha value is -0.238. The highest BCUT2D eigenvalue weighted by atomic mass is 28.3. The first-order valence-corrected chi connectivity index (χ1v) is 10.2. The molecule has 0 saturated carbocycles. The van der Waals surface area contributed by atoms with Crippen molar-refractivity contribution in [1.29, 1.82) is 0 Å². The van der Waals surface area contributed by atoms with Gasteiger partial charge < -0.3 is 9.31 Å². The van der Waals surface area contributed by atoms with Gasteiger partial charge in [0.2, 0.25) is 0 Å². The maximum absolute atomic E-state index is 5.89. The predicted octanol–water partition coefficient (Wildman–Crippen LogP) is 3.67. The lowest BCUT2D eigenvalue weighted by molar-refractivity contribution is 0.00578. The van der Waals surface area contributed by atoms with E-state index in [2.05, 4.69) is 59.1 Å². The second-order valence-corrected chi connectivity index (χ2v) is 11.4. The summed E-state index contributed by atoms with van der Waals surface area (Å²) in [5.41, 5.74) is 2.90. The van der Waals surface area contributed by atoms with Crippen LogP contribution >= 0.6 is 0 Å². The number of hydrogen-bond donors (Lipinski definition) is 0. The van der Waals surface area contributed by atoms with Gasteiger partial charge in [-0.1, -0.05) is 38.7 Å². The highest BCUT2D eigenvalue weighted by molar-refractivity contribution is 6.86. The Labute approximate surface area is 114 Å². The van der Waals surface area contributed by atoms with Crippen LogP contribution in [0.2, 0.25) is 19.1 Å². The second-order valence-electron chi connectivity index (χ2n) is 6.85. The lowest BCUT2D eigenvalue weighted by Crippen LogP contribution is -2.41. The quantitative estimate of drug-likeness (QED) is 0.573. The molecule has 0 radical (unpaired) electrons. The van der Waals surface area contributed by atoms with E-state index >= 15 is 0 Å². The second kappa shape index (κ2) is 5.40. The molecule has 0 aromatic rings. The Bertz CT molecular complexity index is 337. The monoisotopic (exact) mass is 266 g/mol. The first-order valence-electron chi connectivity index (χ1n) is 6.98. The van der Waals surface area contributed by atoms with Gasteiger partial charge in [-0.05, 0) is 33.7 Å². The van der Waals surface area contributed by atoms with Crippen molar-refractivity contribution in [3.8, 4) is 11.4 Å². The highest BCUT2D eigenvalue weighted by Gasteiger charge is 2.50. The molecule has 1 aliphatic rings. The molecule has 0 spiro atoms. The zero-order valence-corrected chi connectivity index (χ0v) is 14.0. The molecule has 102 valence electrons. The van der Waals surface area contributed by atoms with Gasteiger partial charge in [-0.3, -0.25) is 0 Å². The topological polar surface area (TPSA) is 18.5 Å². The van der Waals surface area contributed by atoms with Gasteiger partial charge >= 0.3 is 7.12 Å². The van der Waals surface area contributed by atoms with Crippen LogP contribution in [0.15, 0.2) is 0 Å². The summed E-state index contributed by atoms with van der Waals surface area (Å²) in [6.07, 6.45) is 2.52. The third-order valence-corrected chi connectivity index (χ3v) is 6.36. The van der Waals surface area contributed by atoms with Gasteiger partial charge in [0.15, 0.2) is 0 Å². The van der Waals surface area contributed by atoms with Gasteiger partial charge in [-0.2, -0.15) is 0 Å². The van der Waals surface area contributed by atoms with E-state index in [4.69, 9.17) is 9.31 Å². The molecule has 0 unspecified atom stereocenters. The molecule has 0 atom stereocenters. The standard InChI is InChI=1S/C14H27BO2Si/c1-8-9-11-18(6,7)12-10-15-16-13(2,3)14(4,5)17-15/h8-9,11H2,1-7H3. The van der Waals surface area contributed by atoms with Crippen molar-refractivity contribution in [2.24, 2.45) is 0 Å². The van der Waals surface area contributed by atoms with Gasteiger partial charge in [0.05, 0.1) is 11.2 Å².